The molecule has 28 heavy (non-hydrogen) atoms. The van der Waals surface area contributed by atoms with Crippen LogP contribution >= 0.6 is 11.6 Å². The first kappa shape index (κ1) is 18.7. The van der Waals surface area contributed by atoms with Gasteiger partial charge in [0.25, 0.3) is 5.91 Å². The number of pyridine rings is 1. The van der Waals surface area contributed by atoms with Crippen molar-refractivity contribution in [2.75, 3.05) is 6.61 Å². The van der Waals surface area contributed by atoms with Crippen molar-refractivity contribution in [3.05, 3.63) is 58.4 Å². The van der Waals surface area contributed by atoms with Gasteiger partial charge in [-0.3, -0.25) is 9.59 Å². The molecule has 1 heterocycles. The van der Waals surface area contributed by atoms with Crippen LogP contribution in [0.4, 0.5) is 0 Å². The van der Waals surface area contributed by atoms with Gasteiger partial charge in [0, 0.05) is 11.2 Å². The lowest BCUT2D eigenvalue weighted by Crippen LogP contribution is -2.38. The number of nitrogens with two attached hydrogens (primary N) is 1. The van der Waals surface area contributed by atoms with Crippen LogP contribution in [-0.2, 0) is 4.79 Å². The third kappa shape index (κ3) is 4.44. The summed E-state index contributed by atoms with van der Waals surface area (Å²) in [5.41, 5.74) is 7.33. The Morgan fingerprint density at radius 1 is 1.21 bits per heavy atom. The normalized spacial score (nSPS) is 17.0. The van der Waals surface area contributed by atoms with E-state index in [1.165, 1.54) is 0 Å². The lowest BCUT2D eigenvalue weighted by Gasteiger charge is -2.17. The number of nitrogens with one attached hydrogen (secondary N) is 1. The molecule has 3 N–H and O–H groups in total. The molecule has 2 saturated carbocycles. The first-order chi connectivity index (χ1) is 13.5. The highest BCUT2D eigenvalue weighted by molar-refractivity contribution is 6.30. The minimum Gasteiger partial charge on any atom is -0.491 e. The van der Waals surface area contributed by atoms with E-state index in [4.69, 9.17) is 22.1 Å². The van der Waals surface area contributed by atoms with Crippen molar-refractivity contribution in [1.82, 2.24) is 10.3 Å². The Kier molecular flexibility index (Phi) is 5.22. The van der Waals surface area contributed by atoms with Gasteiger partial charge in [0.05, 0.1) is 6.61 Å². The van der Waals surface area contributed by atoms with E-state index in [1.54, 1.807) is 30.5 Å². The van der Waals surface area contributed by atoms with Gasteiger partial charge in [-0.1, -0.05) is 23.7 Å². The van der Waals surface area contributed by atoms with E-state index in [1.807, 2.05) is 6.07 Å². The Balaban J connectivity index is 1.56. The fourth-order valence-corrected chi connectivity index (χ4v) is 3.17. The van der Waals surface area contributed by atoms with Crippen LogP contribution in [0.25, 0.3) is 0 Å². The van der Waals surface area contributed by atoms with Gasteiger partial charge in [-0.05, 0) is 66.8 Å². The zero-order valence-corrected chi connectivity index (χ0v) is 16.1. The minimum atomic E-state index is -0.981. The number of carbonyl (C=O) groups is 2. The second-order valence-corrected chi connectivity index (χ2v) is 7.94. The van der Waals surface area contributed by atoms with E-state index >= 15 is 0 Å². The molecule has 0 radical (unpaired) electrons. The average molecular weight is 400 g/mol. The van der Waals surface area contributed by atoms with Gasteiger partial charge in [-0.25, -0.2) is 4.98 Å². The van der Waals surface area contributed by atoms with Gasteiger partial charge in [0.15, 0.2) is 11.4 Å². The van der Waals surface area contributed by atoms with Crippen molar-refractivity contribution < 1.29 is 14.3 Å². The molecule has 1 atom stereocenters. The molecule has 0 unspecified atom stereocenters. The van der Waals surface area contributed by atoms with Crippen LogP contribution < -0.4 is 15.8 Å². The predicted molar refractivity (Wildman–Crippen MR) is 105 cm³/mol. The molecule has 0 aliphatic heterocycles. The van der Waals surface area contributed by atoms with Crippen molar-refractivity contribution in [1.29, 1.82) is 0 Å². The Bertz CT molecular complexity index is 892. The third-order valence-electron chi connectivity index (χ3n) is 5.07. The average Bonchev–Trinajstić information content (AvgIpc) is 3.58. The number of hydrogen-bond donors (Lipinski definition) is 2. The Morgan fingerprint density at radius 2 is 1.93 bits per heavy atom. The van der Waals surface area contributed by atoms with E-state index in [0.717, 1.165) is 31.2 Å². The van der Waals surface area contributed by atoms with Crippen molar-refractivity contribution in [3.8, 4) is 5.75 Å². The fourth-order valence-electron chi connectivity index (χ4n) is 3.05. The predicted octanol–water partition coefficient (Wildman–Crippen LogP) is 3.36. The molecule has 1 aromatic heterocycles. The summed E-state index contributed by atoms with van der Waals surface area (Å²) in [5, 5.41) is 3.21. The smallest absolute Gasteiger partial charge is 0.274 e. The Morgan fingerprint density at radius 3 is 2.54 bits per heavy atom. The molecule has 6 nitrogen and oxygen atoms in total. The molecular weight excluding hydrogens is 378 g/mol. The molecule has 2 fully saturated rings. The molecule has 2 amide bonds. The maximum Gasteiger partial charge on any atom is 0.274 e. The number of halogens is 1. The Hall–Kier alpha value is -2.60. The van der Waals surface area contributed by atoms with Crippen LogP contribution in [0.2, 0.25) is 5.02 Å². The molecule has 0 spiro atoms. The summed E-state index contributed by atoms with van der Waals surface area (Å²) in [5.74, 6) is 0.360. The first-order valence-electron chi connectivity index (χ1n) is 9.49. The van der Waals surface area contributed by atoms with E-state index in [0.29, 0.717) is 34.8 Å². The summed E-state index contributed by atoms with van der Waals surface area (Å²) in [4.78, 5) is 29.2. The number of hydrogen-bond acceptors (Lipinski definition) is 4. The van der Waals surface area contributed by atoms with Gasteiger partial charge in [-0.15, -0.1) is 0 Å². The fraction of sp³-hybridized carbons (Fsp3) is 0.381. The highest BCUT2D eigenvalue weighted by Gasteiger charge is 2.29. The molecule has 146 valence electrons. The molecule has 2 aliphatic rings. The van der Waals surface area contributed by atoms with Gasteiger partial charge < -0.3 is 15.8 Å². The molecule has 2 aromatic rings. The monoisotopic (exact) mass is 399 g/mol. The molecular formula is C21H22ClN3O3. The minimum absolute atomic E-state index is 0.172. The highest BCUT2D eigenvalue weighted by Crippen LogP contribution is 2.41. The molecule has 2 aliphatic carbocycles. The largest absolute Gasteiger partial charge is 0.491 e. The van der Waals surface area contributed by atoms with E-state index in [9.17, 15) is 9.59 Å². The topological polar surface area (TPSA) is 94.3 Å². The second kappa shape index (κ2) is 7.80. The standard InChI is InChI=1S/C21H22ClN3O3/c22-16-7-5-14(6-8-16)18(20(23)26)25-21(27)19-17(28-11-12-1-2-12)9-15(10-24-19)13-3-4-13/h5-10,12-13,18H,1-4,11H2,(H2,23,26)(H,25,27)/t18-/m0/s1. The number of amides is 2. The number of ether oxygens (including phenoxy) is 1. The van der Waals surface area contributed by atoms with E-state index in [-0.39, 0.29) is 5.69 Å². The van der Waals surface area contributed by atoms with Gasteiger partial charge in [-0.2, -0.15) is 0 Å². The molecule has 1 aromatic carbocycles. The summed E-state index contributed by atoms with van der Waals surface area (Å²) < 4.78 is 5.91. The van der Waals surface area contributed by atoms with Gasteiger partial charge in [0.1, 0.15) is 6.04 Å². The molecule has 7 heteroatoms. The zero-order valence-electron chi connectivity index (χ0n) is 15.4. The van der Waals surface area contributed by atoms with Crippen LogP contribution in [0, 0.1) is 5.92 Å². The van der Waals surface area contributed by atoms with Crippen LogP contribution in [-0.4, -0.2) is 23.4 Å². The number of primary amides is 1. The van der Waals surface area contributed by atoms with E-state index in [2.05, 4.69) is 10.3 Å². The third-order valence-corrected chi connectivity index (χ3v) is 5.32. The van der Waals surface area contributed by atoms with Crippen LogP contribution in [0.5, 0.6) is 5.75 Å². The van der Waals surface area contributed by atoms with Gasteiger partial charge in [0.2, 0.25) is 5.91 Å². The van der Waals surface area contributed by atoms with E-state index < -0.39 is 17.9 Å². The first-order valence-corrected chi connectivity index (χ1v) is 9.87. The second-order valence-electron chi connectivity index (χ2n) is 7.50. The summed E-state index contributed by atoms with van der Waals surface area (Å²) in [6.45, 7) is 0.576. The van der Waals surface area contributed by atoms with Crippen molar-refractivity contribution >= 4 is 23.4 Å². The maximum absolute atomic E-state index is 12.9. The van der Waals surface area contributed by atoms with Crippen molar-refractivity contribution in [2.24, 2.45) is 11.7 Å². The summed E-state index contributed by atoms with van der Waals surface area (Å²) in [6.07, 6.45) is 6.29. The van der Waals surface area contributed by atoms with Crippen LogP contribution in [0.3, 0.4) is 0 Å². The van der Waals surface area contributed by atoms with Crippen LogP contribution in [0.1, 0.15) is 59.3 Å². The van der Waals surface area contributed by atoms with Crippen molar-refractivity contribution in [2.45, 2.75) is 37.6 Å². The van der Waals surface area contributed by atoms with Crippen LogP contribution in [0.15, 0.2) is 36.5 Å². The molecule has 0 bridgehead atoms. The molecule has 4 rings (SSSR count). The zero-order chi connectivity index (χ0) is 19.7. The number of benzene rings is 1. The Labute approximate surface area is 168 Å². The summed E-state index contributed by atoms with van der Waals surface area (Å²) in [6, 6.07) is 7.53. The number of nitrogens with zero attached hydrogens (tertiary/aromatic N) is 1. The number of aromatic nitrogens is 1. The number of rotatable bonds is 8. The number of carbonyl (C=O) groups excluding carboxylic acids is 2. The summed E-state index contributed by atoms with van der Waals surface area (Å²) in [7, 11) is 0. The SMILES string of the molecule is NC(=O)[C@@H](NC(=O)c1ncc(C2CC2)cc1OCC1CC1)c1ccc(Cl)cc1. The lowest BCUT2D eigenvalue weighted by molar-refractivity contribution is -0.120. The highest BCUT2D eigenvalue weighted by atomic mass is 35.5. The lowest BCUT2D eigenvalue weighted by atomic mass is 10.1. The quantitative estimate of drug-likeness (QED) is 0.711. The maximum atomic E-state index is 12.9. The van der Waals surface area contributed by atoms with Crippen molar-refractivity contribution in [3.63, 3.8) is 0 Å². The summed E-state index contributed by atoms with van der Waals surface area (Å²) >= 11 is 5.90. The van der Waals surface area contributed by atoms with Gasteiger partial charge >= 0.3 is 0 Å². The molecule has 0 saturated heterocycles.